The van der Waals surface area contributed by atoms with Crippen molar-refractivity contribution < 1.29 is 13.2 Å². The van der Waals surface area contributed by atoms with E-state index in [1.54, 1.807) is 31.3 Å². The van der Waals surface area contributed by atoms with Gasteiger partial charge in [-0.1, -0.05) is 18.2 Å². The first-order valence-electron chi connectivity index (χ1n) is 6.02. The van der Waals surface area contributed by atoms with Gasteiger partial charge in [0.2, 0.25) is 0 Å². The number of hydrogen-bond donors (Lipinski definition) is 2. The van der Waals surface area contributed by atoms with Crippen LogP contribution >= 0.6 is 0 Å². The molecule has 110 valence electrons. The van der Waals surface area contributed by atoms with Crippen LogP contribution in [0.3, 0.4) is 0 Å². The maximum Gasteiger partial charge on any atom is 0.433 e. The van der Waals surface area contributed by atoms with E-state index >= 15 is 0 Å². The Kier molecular flexibility index (Phi) is 3.84. The molecule has 1 aromatic carbocycles. The monoisotopic (exact) mass is 294 g/mol. The molecule has 0 radical (unpaired) electrons. The summed E-state index contributed by atoms with van der Waals surface area (Å²) in [4.78, 5) is 5.07. The lowest BCUT2D eigenvalue weighted by Gasteiger charge is -2.22. The molecule has 2 aromatic rings. The number of hydrogen-bond acceptors (Lipinski definition) is 3. The smallest absolute Gasteiger partial charge is 0.384 e. The zero-order chi connectivity index (χ0) is 15.6. The number of pyridine rings is 1. The summed E-state index contributed by atoms with van der Waals surface area (Å²) in [7, 11) is 1.57. The summed E-state index contributed by atoms with van der Waals surface area (Å²) in [6.45, 7) is 0. The second-order valence-corrected chi connectivity index (χ2v) is 4.37. The van der Waals surface area contributed by atoms with E-state index < -0.39 is 11.9 Å². The van der Waals surface area contributed by atoms with Gasteiger partial charge in [-0.2, -0.15) is 13.2 Å². The highest BCUT2D eigenvalue weighted by atomic mass is 19.4. The van der Waals surface area contributed by atoms with Crippen LogP contribution in [0.1, 0.15) is 11.3 Å². The van der Waals surface area contributed by atoms with E-state index in [1.807, 2.05) is 0 Å². The number of nitrogens with two attached hydrogens (primary N) is 1. The molecule has 0 saturated carbocycles. The van der Waals surface area contributed by atoms with Crippen molar-refractivity contribution in [1.82, 2.24) is 4.98 Å². The van der Waals surface area contributed by atoms with Crippen LogP contribution in [0.15, 0.2) is 42.5 Å². The molecule has 3 N–H and O–H groups in total. The zero-order valence-corrected chi connectivity index (χ0v) is 11.1. The van der Waals surface area contributed by atoms with Crippen molar-refractivity contribution in [1.29, 1.82) is 5.41 Å². The van der Waals surface area contributed by atoms with Gasteiger partial charge in [0.05, 0.1) is 5.69 Å². The van der Waals surface area contributed by atoms with Crippen LogP contribution < -0.4 is 10.6 Å². The van der Waals surface area contributed by atoms with Crippen LogP contribution in [-0.4, -0.2) is 17.9 Å². The fourth-order valence-corrected chi connectivity index (χ4v) is 1.89. The lowest BCUT2D eigenvalue weighted by Crippen LogP contribution is -2.20. The summed E-state index contributed by atoms with van der Waals surface area (Å²) < 4.78 is 38.1. The molecule has 21 heavy (non-hydrogen) atoms. The minimum atomic E-state index is -4.50. The third-order valence-corrected chi connectivity index (χ3v) is 2.92. The Morgan fingerprint density at radius 2 is 1.81 bits per heavy atom. The normalized spacial score (nSPS) is 11.2. The van der Waals surface area contributed by atoms with Crippen molar-refractivity contribution >= 4 is 17.3 Å². The van der Waals surface area contributed by atoms with Gasteiger partial charge in [-0.05, 0) is 24.3 Å². The molecule has 0 aliphatic heterocycles. The molecule has 0 fully saturated rings. The topological polar surface area (TPSA) is 66.0 Å². The summed E-state index contributed by atoms with van der Waals surface area (Å²) in [6.07, 6.45) is -4.50. The predicted molar refractivity (Wildman–Crippen MR) is 74.8 cm³/mol. The van der Waals surface area contributed by atoms with Crippen molar-refractivity contribution in [2.75, 3.05) is 11.9 Å². The largest absolute Gasteiger partial charge is 0.433 e. The maximum atomic E-state index is 12.7. The van der Waals surface area contributed by atoms with E-state index in [1.165, 1.54) is 17.0 Å². The molecular weight excluding hydrogens is 281 g/mol. The minimum Gasteiger partial charge on any atom is -0.384 e. The quantitative estimate of drug-likeness (QED) is 0.675. The molecule has 0 saturated heterocycles. The first-order valence-corrected chi connectivity index (χ1v) is 6.02. The van der Waals surface area contributed by atoms with E-state index in [-0.39, 0.29) is 11.7 Å². The van der Waals surface area contributed by atoms with E-state index in [0.29, 0.717) is 11.3 Å². The Bertz CT molecular complexity index is 667. The fraction of sp³-hybridized carbons (Fsp3) is 0.143. The van der Waals surface area contributed by atoms with Gasteiger partial charge in [-0.3, -0.25) is 5.41 Å². The number of halogens is 3. The summed E-state index contributed by atoms with van der Waals surface area (Å²) in [6, 6.07) is 10.4. The average Bonchev–Trinajstić information content (AvgIpc) is 2.45. The van der Waals surface area contributed by atoms with Crippen molar-refractivity contribution in [2.24, 2.45) is 5.73 Å². The van der Waals surface area contributed by atoms with Gasteiger partial charge in [-0.15, -0.1) is 0 Å². The summed E-state index contributed by atoms with van der Waals surface area (Å²) in [5.74, 6) is -0.0389. The molecule has 7 heteroatoms. The van der Waals surface area contributed by atoms with Crippen LogP contribution in [0.4, 0.5) is 24.7 Å². The van der Waals surface area contributed by atoms with Gasteiger partial charge < -0.3 is 10.6 Å². The number of para-hydroxylation sites is 1. The van der Waals surface area contributed by atoms with Crippen molar-refractivity contribution in [3.8, 4) is 0 Å². The molecule has 0 amide bonds. The fourth-order valence-electron chi connectivity index (χ4n) is 1.89. The lowest BCUT2D eigenvalue weighted by atomic mass is 10.1. The second-order valence-electron chi connectivity index (χ2n) is 4.37. The predicted octanol–water partition coefficient (Wildman–Crippen LogP) is 3.15. The molecule has 2 rings (SSSR count). The SMILES string of the molecule is CN(c1cccc(C(F)(F)F)n1)c1ccccc1C(=N)N. The maximum absolute atomic E-state index is 12.7. The molecule has 0 atom stereocenters. The summed E-state index contributed by atoms with van der Waals surface area (Å²) in [5, 5.41) is 7.52. The van der Waals surface area contributed by atoms with Gasteiger partial charge >= 0.3 is 6.18 Å². The number of rotatable bonds is 3. The Morgan fingerprint density at radius 1 is 1.14 bits per heavy atom. The number of nitrogens with one attached hydrogen (secondary N) is 1. The molecular formula is C14H13F3N4. The van der Waals surface area contributed by atoms with Crippen LogP contribution in [0.25, 0.3) is 0 Å². The molecule has 1 heterocycles. The van der Waals surface area contributed by atoms with E-state index in [0.717, 1.165) is 6.07 Å². The number of benzene rings is 1. The summed E-state index contributed by atoms with van der Waals surface area (Å²) >= 11 is 0. The molecule has 4 nitrogen and oxygen atoms in total. The lowest BCUT2D eigenvalue weighted by molar-refractivity contribution is -0.141. The number of amidine groups is 1. The number of nitrogens with zero attached hydrogens (tertiary/aromatic N) is 2. The number of aromatic nitrogens is 1. The molecule has 0 aliphatic carbocycles. The van der Waals surface area contributed by atoms with Gasteiger partial charge in [0.25, 0.3) is 0 Å². The van der Waals surface area contributed by atoms with Crippen molar-refractivity contribution in [3.63, 3.8) is 0 Å². The van der Waals surface area contributed by atoms with Crippen molar-refractivity contribution in [3.05, 3.63) is 53.7 Å². The third-order valence-electron chi connectivity index (χ3n) is 2.92. The first kappa shape index (κ1) is 14.8. The van der Waals surface area contributed by atoms with Crippen LogP contribution in [0.5, 0.6) is 0 Å². The van der Waals surface area contributed by atoms with E-state index in [2.05, 4.69) is 4.98 Å². The number of nitrogen functional groups attached to an aromatic ring is 1. The number of alkyl halides is 3. The zero-order valence-electron chi connectivity index (χ0n) is 11.1. The summed E-state index contributed by atoms with van der Waals surface area (Å²) in [5.41, 5.74) is 5.46. The van der Waals surface area contributed by atoms with Crippen LogP contribution in [0.2, 0.25) is 0 Å². The second kappa shape index (κ2) is 5.43. The van der Waals surface area contributed by atoms with Gasteiger partial charge in [0.1, 0.15) is 17.3 Å². The van der Waals surface area contributed by atoms with Gasteiger partial charge in [-0.25, -0.2) is 4.98 Å². The van der Waals surface area contributed by atoms with Crippen LogP contribution in [0, 0.1) is 5.41 Å². The Balaban J connectivity index is 2.46. The number of anilines is 2. The highest BCUT2D eigenvalue weighted by molar-refractivity contribution is 6.01. The van der Waals surface area contributed by atoms with Gasteiger partial charge in [0, 0.05) is 12.6 Å². The first-order chi connectivity index (χ1) is 9.80. The van der Waals surface area contributed by atoms with Crippen molar-refractivity contribution in [2.45, 2.75) is 6.18 Å². The Hall–Kier alpha value is -2.57. The highest BCUT2D eigenvalue weighted by Gasteiger charge is 2.32. The van der Waals surface area contributed by atoms with E-state index in [4.69, 9.17) is 11.1 Å². The van der Waals surface area contributed by atoms with E-state index in [9.17, 15) is 13.2 Å². The minimum absolute atomic E-state index is 0.124. The molecule has 0 aliphatic rings. The molecule has 0 bridgehead atoms. The standard InChI is InChI=1S/C14H13F3N4/c1-21(10-6-3-2-5-9(10)13(18)19)12-8-4-7-11(20-12)14(15,16)17/h2-8H,1H3,(H3,18,19). The molecule has 0 spiro atoms. The molecule has 1 aromatic heterocycles. The molecule has 0 unspecified atom stereocenters. The highest BCUT2D eigenvalue weighted by Crippen LogP contribution is 2.31. The third kappa shape index (κ3) is 3.13. The van der Waals surface area contributed by atoms with Crippen LogP contribution in [-0.2, 0) is 6.18 Å². The average molecular weight is 294 g/mol. The Morgan fingerprint density at radius 3 is 2.43 bits per heavy atom. The Labute approximate surface area is 119 Å². The van der Waals surface area contributed by atoms with Gasteiger partial charge in [0.15, 0.2) is 0 Å².